The number of pyridine rings is 1. The number of nitrogens with zero attached hydrogens (tertiary/aromatic N) is 2. The Morgan fingerprint density at radius 3 is 2.93 bits per heavy atom. The first-order chi connectivity index (χ1) is 13.9. The Balaban J connectivity index is 1.69. The van der Waals surface area contributed by atoms with E-state index in [1.807, 2.05) is 11.8 Å². The van der Waals surface area contributed by atoms with E-state index in [2.05, 4.69) is 10.1 Å². The van der Waals surface area contributed by atoms with E-state index < -0.39 is 17.4 Å². The quantitative estimate of drug-likeness (QED) is 0.589. The minimum Gasteiger partial charge on any atom is -0.487 e. The van der Waals surface area contributed by atoms with Gasteiger partial charge in [0.25, 0.3) is 0 Å². The van der Waals surface area contributed by atoms with Crippen molar-refractivity contribution in [3.8, 4) is 11.5 Å². The fraction of sp³-hybridized carbons (Fsp3) is 0.400. The monoisotopic (exact) mass is 401 g/mol. The molecule has 1 aromatic carbocycles. The predicted octanol–water partition coefficient (Wildman–Crippen LogP) is 2.26. The molecule has 0 unspecified atom stereocenters. The van der Waals surface area contributed by atoms with Crippen LogP contribution in [0.1, 0.15) is 19.4 Å². The lowest BCUT2D eigenvalue weighted by Gasteiger charge is -2.31. The van der Waals surface area contributed by atoms with Crippen LogP contribution in [0.2, 0.25) is 0 Å². The molecule has 0 aliphatic carbocycles. The molecule has 0 bridgehead atoms. The highest BCUT2D eigenvalue weighted by Crippen LogP contribution is 2.44. The normalized spacial score (nSPS) is 20.6. The summed E-state index contributed by atoms with van der Waals surface area (Å²) >= 11 is 0. The van der Waals surface area contributed by atoms with Crippen LogP contribution in [-0.4, -0.2) is 48.6 Å². The maximum atomic E-state index is 15.3. The minimum absolute atomic E-state index is 0.0464. The van der Waals surface area contributed by atoms with E-state index in [1.165, 1.54) is 23.4 Å². The predicted molar refractivity (Wildman–Crippen MR) is 104 cm³/mol. The summed E-state index contributed by atoms with van der Waals surface area (Å²) in [5.41, 5.74) is 2.73. The van der Waals surface area contributed by atoms with E-state index in [0.717, 1.165) is 19.5 Å². The zero-order valence-corrected chi connectivity index (χ0v) is 15.8. The van der Waals surface area contributed by atoms with E-state index in [9.17, 15) is 9.59 Å². The Morgan fingerprint density at radius 1 is 1.38 bits per heavy atom. The summed E-state index contributed by atoms with van der Waals surface area (Å²) in [6, 6.07) is 0.993. The van der Waals surface area contributed by atoms with Gasteiger partial charge in [0, 0.05) is 19.6 Å². The average molecular weight is 401 g/mol. The lowest BCUT2D eigenvalue weighted by atomic mass is 10.1. The standard InChI is InChI=1S/C20H20FN3O5/c1-10-9-28-19-16-13(18(25)15(8-24(10)16)29-20(26)27)4-14(21)17(19)23-6-11-2-3-22-5-12(11)7-23/h4,8,10,22H,2-3,5-7,9H2,1H3,(H,26,27)/t10-/m0/s1. The van der Waals surface area contributed by atoms with Crippen molar-refractivity contribution in [2.45, 2.75) is 19.4 Å². The summed E-state index contributed by atoms with van der Waals surface area (Å²) in [7, 11) is 0. The maximum Gasteiger partial charge on any atom is 0.511 e. The van der Waals surface area contributed by atoms with E-state index >= 15 is 4.39 Å². The van der Waals surface area contributed by atoms with Crippen LogP contribution in [-0.2, 0) is 0 Å². The van der Waals surface area contributed by atoms with Gasteiger partial charge in [0.15, 0.2) is 17.3 Å². The van der Waals surface area contributed by atoms with Gasteiger partial charge in [-0.1, -0.05) is 0 Å². The molecule has 2 N–H and O–H groups in total. The van der Waals surface area contributed by atoms with E-state index in [1.54, 1.807) is 4.57 Å². The van der Waals surface area contributed by atoms with Gasteiger partial charge in [-0.25, -0.2) is 9.18 Å². The molecule has 0 saturated heterocycles. The SMILES string of the molecule is C[C@H]1COc2c(N3CC4=C(CNCC4)C3)c(F)cc3c(=O)c(OC(=O)O)cn1c23. The second kappa shape index (κ2) is 6.48. The third kappa shape index (κ3) is 2.76. The van der Waals surface area contributed by atoms with E-state index in [4.69, 9.17) is 9.84 Å². The van der Waals surface area contributed by atoms with Crippen molar-refractivity contribution in [3.05, 3.63) is 39.4 Å². The molecule has 5 rings (SSSR count). The number of ether oxygens (including phenoxy) is 2. The second-order valence-electron chi connectivity index (χ2n) is 7.68. The summed E-state index contributed by atoms with van der Waals surface area (Å²) in [5, 5.41) is 12.3. The van der Waals surface area contributed by atoms with Gasteiger partial charge in [-0.05, 0) is 37.1 Å². The van der Waals surface area contributed by atoms with Gasteiger partial charge < -0.3 is 29.4 Å². The summed E-state index contributed by atoms with van der Waals surface area (Å²) in [6.45, 7) is 5.12. The van der Waals surface area contributed by atoms with Crippen molar-refractivity contribution >= 4 is 22.7 Å². The Hall–Kier alpha value is -3.07. The van der Waals surface area contributed by atoms with Crippen molar-refractivity contribution < 1.29 is 23.8 Å². The van der Waals surface area contributed by atoms with Crippen LogP contribution < -0.4 is 25.1 Å². The molecule has 0 saturated carbocycles. The third-order valence-corrected chi connectivity index (χ3v) is 5.83. The van der Waals surface area contributed by atoms with Crippen molar-refractivity contribution in [2.75, 3.05) is 37.7 Å². The zero-order valence-electron chi connectivity index (χ0n) is 15.8. The molecule has 1 atom stereocenters. The number of hydrogen-bond acceptors (Lipinski definition) is 6. The van der Waals surface area contributed by atoms with Gasteiger partial charge in [-0.15, -0.1) is 0 Å². The van der Waals surface area contributed by atoms with Crippen LogP contribution in [0, 0.1) is 5.82 Å². The highest BCUT2D eigenvalue weighted by Gasteiger charge is 2.33. The molecule has 8 nitrogen and oxygen atoms in total. The van der Waals surface area contributed by atoms with Crippen molar-refractivity contribution in [1.29, 1.82) is 0 Å². The van der Waals surface area contributed by atoms with E-state index in [-0.39, 0.29) is 23.8 Å². The molecule has 9 heteroatoms. The smallest absolute Gasteiger partial charge is 0.487 e. The molecule has 3 aliphatic rings. The van der Waals surface area contributed by atoms with Crippen molar-refractivity contribution in [1.82, 2.24) is 9.88 Å². The molecule has 3 aliphatic heterocycles. The molecule has 0 amide bonds. The topological polar surface area (TPSA) is 93.0 Å². The molecular weight excluding hydrogens is 381 g/mol. The maximum absolute atomic E-state index is 15.3. The lowest BCUT2D eigenvalue weighted by Crippen LogP contribution is -2.29. The molecule has 0 spiro atoms. The second-order valence-corrected chi connectivity index (χ2v) is 7.68. The first-order valence-corrected chi connectivity index (χ1v) is 9.54. The molecule has 29 heavy (non-hydrogen) atoms. The van der Waals surface area contributed by atoms with Crippen LogP contribution >= 0.6 is 0 Å². The zero-order chi connectivity index (χ0) is 20.3. The molecule has 1 aromatic heterocycles. The number of nitrogens with one attached hydrogen (secondary N) is 1. The molecule has 2 aromatic rings. The van der Waals surface area contributed by atoms with Gasteiger partial charge in [-0.3, -0.25) is 4.79 Å². The fourth-order valence-electron chi connectivity index (χ4n) is 4.46. The Bertz CT molecular complexity index is 1120. The molecule has 0 fully saturated rings. The van der Waals surface area contributed by atoms with Gasteiger partial charge in [0.2, 0.25) is 5.43 Å². The van der Waals surface area contributed by atoms with Gasteiger partial charge in [0.1, 0.15) is 12.3 Å². The summed E-state index contributed by atoms with van der Waals surface area (Å²) in [6.07, 6.45) is 0.719. The van der Waals surface area contributed by atoms with Gasteiger partial charge in [-0.2, -0.15) is 0 Å². The van der Waals surface area contributed by atoms with E-state index in [0.29, 0.717) is 30.0 Å². The van der Waals surface area contributed by atoms with Crippen molar-refractivity contribution in [2.24, 2.45) is 0 Å². The Kier molecular flexibility index (Phi) is 4.02. The van der Waals surface area contributed by atoms with Crippen LogP contribution in [0.5, 0.6) is 11.5 Å². The van der Waals surface area contributed by atoms with Gasteiger partial charge in [0.05, 0.1) is 23.1 Å². The first kappa shape index (κ1) is 18.0. The van der Waals surface area contributed by atoms with Crippen LogP contribution in [0.15, 0.2) is 28.2 Å². The number of carbonyl (C=O) groups is 1. The summed E-state index contributed by atoms with van der Waals surface area (Å²) in [4.78, 5) is 25.7. The van der Waals surface area contributed by atoms with Crippen LogP contribution in [0.4, 0.5) is 14.9 Å². The number of anilines is 1. The fourth-order valence-corrected chi connectivity index (χ4v) is 4.46. The number of halogens is 1. The summed E-state index contributed by atoms with van der Waals surface area (Å²) in [5.74, 6) is -0.586. The number of hydrogen-bond donors (Lipinski definition) is 2. The number of aromatic nitrogens is 1. The molecular formula is C20H20FN3O5. The number of carboxylic acid groups (broad SMARTS) is 1. The molecule has 152 valence electrons. The molecule has 0 radical (unpaired) electrons. The molecule has 4 heterocycles. The number of benzene rings is 1. The third-order valence-electron chi connectivity index (χ3n) is 5.83. The average Bonchev–Trinajstić information content (AvgIpc) is 3.10. The van der Waals surface area contributed by atoms with Crippen LogP contribution in [0.3, 0.4) is 0 Å². The minimum atomic E-state index is -1.59. The highest BCUT2D eigenvalue weighted by molar-refractivity contribution is 5.93. The highest BCUT2D eigenvalue weighted by atomic mass is 19.1. The number of rotatable bonds is 2. The first-order valence-electron chi connectivity index (χ1n) is 9.54. The summed E-state index contributed by atoms with van der Waals surface area (Å²) < 4.78 is 27.6. The van der Waals surface area contributed by atoms with Crippen molar-refractivity contribution in [3.63, 3.8) is 0 Å². The Morgan fingerprint density at radius 2 is 2.17 bits per heavy atom. The Labute approximate surface area is 165 Å². The lowest BCUT2D eigenvalue weighted by molar-refractivity contribution is 0.143. The van der Waals surface area contributed by atoms with Gasteiger partial charge >= 0.3 is 6.16 Å². The van der Waals surface area contributed by atoms with Crippen LogP contribution in [0.25, 0.3) is 10.9 Å². The largest absolute Gasteiger partial charge is 0.511 e.